The highest BCUT2D eigenvalue weighted by Gasteiger charge is 2.48. The topological polar surface area (TPSA) is 49.4 Å². The van der Waals surface area contributed by atoms with Crippen molar-refractivity contribution < 1.29 is 9.59 Å². The van der Waals surface area contributed by atoms with Gasteiger partial charge < -0.3 is 10.2 Å². The standard InChI is InChI=1S/C15H22N2O2S/c1-5-12-13(18)16-15(4,6-2)14(19)17(12)10(3)11-7-8-20-9-11/h7-10,12H,5-6H2,1-4H3,(H,16,18). The van der Waals surface area contributed by atoms with E-state index >= 15 is 0 Å². The molecule has 0 saturated carbocycles. The van der Waals surface area contributed by atoms with Gasteiger partial charge in [-0.25, -0.2) is 0 Å². The van der Waals surface area contributed by atoms with Crippen LogP contribution in [0.3, 0.4) is 0 Å². The molecule has 0 radical (unpaired) electrons. The van der Waals surface area contributed by atoms with Crippen molar-refractivity contribution in [3.8, 4) is 0 Å². The van der Waals surface area contributed by atoms with Gasteiger partial charge in [0.15, 0.2) is 0 Å². The maximum absolute atomic E-state index is 12.8. The zero-order valence-electron chi connectivity index (χ0n) is 12.5. The molecule has 5 heteroatoms. The molecule has 1 aliphatic heterocycles. The number of piperazine rings is 1. The van der Waals surface area contributed by atoms with Crippen molar-refractivity contribution in [2.75, 3.05) is 0 Å². The molecule has 3 atom stereocenters. The number of carbonyl (C=O) groups excluding carboxylic acids is 2. The number of nitrogens with zero attached hydrogens (tertiary/aromatic N) is 1. The van der Waals surface area contributed by atoms with Gasteiger partial charge in [-0.05, 0) is 49.1 Å². The number of hydrogen-bond acceptors (Lipinski definition) is 3. The Morgan fingerprint density at radius 3 is 2.65 bits per heavy atom. The summed E-state index contributed by atoms with van der Waals surface area (Å²) >= 11 is 1.61. The molecule has 2 rings (SSSR count). The zero-order valence-corrected chi connectivity index (χ0v) is 13.3. The summed E-state index contributed by atoms with van der Waals surface area (Å²) in [4.78, 5) is 26.9. The van der Waals surface area contributed by atoms with E-state index in [1.54, 1.807) is 16.2 Å². The van der Waals surface area contributed by atoms with Gasteiger partial charge >= 0.3 is 0 Å². The summed E-state index contributed by atoms with van der Waals surface area (Å²) in [6.07, 6.45) is 1.23. The second-order valence-corrected chi connectivity index (χ2v) is 6.32. The first kappa shape index (κ1) is 15.0. The SMILES string of the molecule is CCC1C(=O)NC(C)(CC)C(=O)N1C(C)c1ccsc1. The third-order valence-electron chi connectivity index (χ3n) is 4.28. The van der Waals surface area contributed by atoms with Crippen molar-refractivity contribution in [3.63, 3.8) is 0 Å². The predicted molar refractivity (Wildman–Crippen MR) is 80.5 cm³/mol. The Bertz CT molecular complexity index is 500. The molecule has 0 spiro atoms. The van der Waals surface area contributed by atoms with Gasteiger partial charge in [0.1, 0.15) is 11.6 Å². The minimum atomic E-state index is -0.785. The van der Waals surface area contributed by atoms with Gasteiger partial charge in [-0.15, -0.1) is 0 Å². The summed E-state index contributed by atoms with van der Waals surface area (Å²) in [5, 5.41) is 6.94. The Balaban J connectivity index is 2.39. The largest absolute Gasteiger partial charge is 0.340 e. The molecule has 1 N–H and O–H groups in total. The molecule has 0 bridgehead atoms. The van der Waals surface area contributed by atoms with Crippen LogP contribution >= 0.6 is 11.3 Å². The molecule has 1 aromatic rings. The molecule has 1 aromatic heterocycles. The quantitative estimate of drug-likeness (QED) is 0.928. The van der Waals surface area contributed by atoms with Gasteiger partial charge in [0, 0.05) is 0 Å². The summed E-state index contributed by atoms with van der Waals surface area (Å²) in [6, 6.07) is 1.57. The number of rotatable bonds is 4. The van der Waals surface area contributed by atoms with Gasteiger partial charge in [-0.1, -0.05) is 13.8 Å². The van der Waals surface area contributed by atoms with Crippen LogP contribution in [0.4, 0.5) is 0 Å². The van der Waals surface area contributed by atoms with Crippen molar-refractivity contribution in [1.82, 2.24) is 10.2 Å². The van der Waals surface area contributed by atoms with Crippen LogP contribution < -0.4 is 5.32 Å². The highest BCUT2D eigenvalue weighted by molar-refractivity contribution is 7.07. The Morgan fingerprint density at radius 1 is 1.45 bits per heavy atom. The first-order valence-corrected chi connectivity index (χ1v) is 8.05. The molecule has 20 heavy (non-hydrogen) atoms. The van der Waals surface area contributed by atoms with E-state index < -0.39 is 5.54 Å². The predicted octanol–water partition coefficient (Wildman–Crippen LogP) is 2.71. The average molecular weight is 294 g/mol. The Hall–Kier alpha value is -1.36. The number of nitrogens with one attached hydrogen (secondary N) is 1. The van der Waals surface area contributed by atoms with E-state index in [4.69, 9.17) is 0 Å². The van der Waals surface area contributed by atoms with Crippen molar-refractivity contribution >= 4 is 23.2 Å². The van der Waals surface area contributed by atoms with Gasteiger partial charge in [0.25, 0.3) is 0 Å². The third-order valence-corrected chi connectivity index (χ3v) is 4.98. The number of carbonyl (C=O) groups is 2. The molecule has 0 aliphatic carbocycles. The first-order valence-electron chi connectivity index (χ1n) is 7.11. The van der Waals surface area contributed by atoms with E-state index in [0.717, 1.165) is 5.56 Å². The van der Waals surface area contributed by atoms with Crippen LogP contribution in [0, 0.1) is 0 Å². The number of hydrogen-bond donors (Lipinski definition) is 1. The highest BCUT2D eigenvalue weighted by Crippen LogP contribution is 2.32. The molecule has 1 aliphatic rings. The summed E-state index contributed by atoms with van der Waals surface area (Å²) in [5.74, 6) is -0.0244. The lowest BCUT2D eigenvalue weighted by molar-refractivity contribution is -0.157. The third kappa shape index (κ3) is 2.35. The fourth-order valence-corrected chi connectivity index (χ4v) is 3.45. The van der Waals surface area contributed by atoms with Crippen molar-refractivity contribution in [3.05, 3.63) is 22.4 Å². The molecule has 2 amide bonds. The fourth-order valence-electron chi connectivity index (χ4n) is 2.70. The first-order chi connectivity index (χ1) is 9.44. The van der Waals surface area contributed by atoms with Crippen LogP contribution in [-0.4, -0.2) is 28.3 Å². The summed E-state index contributed by atoms with van der Waals surface area (Å²) in [5.41, 5.74) is 0.308. The molecule has 1 saturated heterocycles. The molecule has 4 nitrogen and oxygen atoms in total. The minimum Gasteiger partial charge on any atom is -0.340 e. The molecule has 3 unspecified atom stereocenters. The summed E-state index contributed by atoms with van der Waals surface area (Å²) in [6.45, 7) is 7.68. The van der Waals surface area contributed by atoms with Gasteiger partial charge in [-0.3, -0.25) is 9.59 Å². The number of thiophene rings is 1. The van der Waals surface area contributed by atoms with Crippen LogP contribution in [0.1, 0.15) is 52.1 Å². The monoisotopic (exact) mass is 294 g/mol. The van der Waals surface area contributed by atoms with E-state index in [-0.39, 0.29) is 23.9 Å². The Kier molecular flexibility index (Phi) is 4.18. The Labute approximate surface area is 124 Å². The van der Waals surface area contributed by atoms with Gasteiger partial charge in [-0.2, -0.15) is 11.3 Å². The van der Waals surface area contributed by atoms with Crippen LogP contribution in [0.5, 0.6) is 0 Å². The van der Waals surface area contributed by atoms with Crippen molar-refractivity contribution in [2.24, 2.45) is 0 Å². The van der Waals surface area contributed by atoms with Gasteiger partial charge in [0.05, 0.1) is 6.04 Å². The van der Waals surface area contributed by atoms with Crippen LogP contribution in [0.25, 0.3) is 0 Å². The molecular formula is C15H22N2O2S. The molecule has 2 heterocycles. The highest BCUT2D eigenvalue weighted by atomic mass is 32.1. The van der Waals surface area contributed by atoms with E-state index in [2.05, 4.69) is 5.32 Å². The zero-order chi connectivity index (χ0) is 14.9. The summed E-state index contributed by atoms with van der Waals surface area (Å²) in [7, 11) is 0. The smallest absolute Gasteiger partial charge is 0.249 e. The molecule has 110 valence electrons. The van der Waals surface area contributed by atoms with Gasteiger partial charge in [0.2, 0.25) is 11.8 Å². The van der Waals surface area contributed by atoms with Crippen LogP contribution in [-0.2, 0) is 9.59 Å². The normalized spacial score (nSPS) is 28.4. The minimum absolute atomic E-state index is 0.0187. The van der Waals surface area contributed by atoms with E-state index in [9.17, 15) is 9.59 Å². The van der Waals surface area contributed by atoms with E-state index in [1.165, 1.54) is 0 Å². The lowest BCUT2D eigenvalue weighted by atomic mass is 9.89. The van der Waals surface area contributed by atoms with Crippen molar-refractivity contribution in [2.45, 2.75) is 58.2 Å². The fraction of sp³-hybridized carbons (Fsp3) is 0.600. The Morgan fingerprint density at radius 2 is 2.15 bits per heavy atom. The molecular weight excluding hydrogens is 272 g/mol. The number of amides is 2. The van der Waals surface area contributed by atoms with E-state index in [0.29, 0.717) is 12.8 Å². The summed E-state index contributed by atoms with van der Waals surface area (Å²) < 4.78 is 0. The van der Waals surface area contributed by atoms with Crippen molar-refractivity contribution in [1.29, 1.82) is 0 Å². The average Bonchev–Trinajstić information content (AvgIpc) is 2.95. The van der Waals surface area contributed by atoms with E-state index in [1.807, 2.05) is 44.5 Å². The van der Waals surface area contributed by atoms with Crippen LogP contribution in [0.15, 0.2) is 16.8 Å². The lowest BCUT2D eigenvalue weighted by Crippen LogP contribution is -2.69. The second-order valence-electron chi connectivity index (χ2n) is 5.54. The lowest BCUT2D eigenvalue weighted by Gasteiger charge is -2.46. The maximum atomic E-state index is 12.8. The molecule has 1 fully saturated rings. The molecule has 0 aromatic carbocycles. The second kappa shape index (κ2) is 5.56. The maximum Gasteiger partial charge on any atom is 0.249 e. The van der Waals surface area contributed by atoms with Crippen LogP contribution in [0.2, 0.25) is 0 Å².